The van der Waals surface area contributed by atoms with Gasteiger partial charge in [0, 0.05) is 51.7 Å². The molecule has 0 radical (unpaired) electrons. The van der Waals surface area contributed by atoms with Gasteiger partial charge < -0.3 is 9.80 Å². The van der Waals surface area contributed by atoms with E-state index in [1.165, 1.54) is 0 Å². The van der Waals surface area contributed by atoms with E-state index in [-0.39, 0.29) is 29.5 Å². The van der Waals surface area contributed by atoms with E-state index < -0.39 is 9.84 Å². The number of nitrogens with zero attached hydrogens (tertiary/aromatic N) is 5. The van der Waals surface area contributed by atoms with Crippen LogP contribution >= 0.6 is 0 Å². The number of sulfone groups is 1. The molecule has 0 aromatic carbocycles. The number of amides is 1. The first-order valence-electron chi connectivity index (χ1n) is 8.59. The SMILES string of the molecule is C[C@@H](C(=O)N(C)[C@H]1CCS(=O)(=O)C1)N1CCN(c2cnccn2)CC1. The zero-order chi connectivity index (χ0) is 18.0. The summed E-state index contributed by atoms with van der Waals surface area (Å²) in [6, 6.07) is -0.446. The van der Waals surface area contributed by atoms with Crippen molar-refractivity contribution < 1.29 is 13.2 Å². The minimum absolute atomic E-state index is 0.00458. The number of hydrogen-bond donors (Lipinski definition) is 0. The molecule has 0 aliphatic carbocycles. The van der Waals surface area contributed by atoms with Gasteiger partial charge in [-0.1, -0.05) is 0 Å². The molecule has 3 rings (SSSR count). The molecule has 9 heteroatoms. The van der Waals surface area contributed by atoms with Crippen LogP contribution in [0.25, 0.3) is 0 Å². The fourth-order valence-corrected chi connectivity index (χ4v) is 5.28. The maximum atomic E-state index is 12.7. The van der Waals surface area contributed by atoms with Crippen LogP contribution in [0.4, 0.5) is 5.82 Å². The van der Waals surface area contributed by atoms with Gasteiger partial charge in [-0.3, -0.25) is 14.7 Å². The van der Waals surface area contributed by atoms with Crippen LogP contribution in [0.5, 0.6) is 0 Å². The van der Waals surface area contributed by atoms with E-state index in [0.717, 1.165) is 32.0 Å². The van der Waals surface area contributed by atoms with Crippen molar-refractivity contribution >= 4 is 21.6 Å². The molecule has 2 fully saturated rings. The van der Waals surface area contributed by atoms with Crippen LogP contribution in [0, 0.1) is 0 Å². The van der Waals surface area contributed by atoms with Crippen LogP contribution in [0.1, 0.15) is 13.3 Å². The summed E-state index contributed by atoms with van der Waals surface area (Å²) >= 11 is 0. The molecule has 0 unspecified atom stereocenters. The molecule has 3 heterocycles. The average molecular weight is 367 g/mol. The molecule has 25 heavy (non-hydrogen) atoms. The minimum Gasteiger partial charge on any atom is -0.353 e. The second kappa shape index (κ2) is 7.25. The lowest BCUT2D eigenvalue weighted by Gasteiger charge is -2.39. The molecule has 1 aromatic heterocycles. The predicted molar refractivity (Wildman–Crippen MR) is 95.1 cm³/mol. The number of hydrogen-bond acceptors (Lipinski definition) is 7. The third kappa shape index (κ3) is 4.09. The van der Waals surface area contributed by atoms with Crippen LogP contribution in [-0.4, -0.2) is 90.9 Å². The third-order valence-corrected chi connectivity index (χ3v) is 6.95. The summed E-state index contributed by atoms with van der Waals surface area (Å²) in [5.74, 6) is 1.12. The largest absolute Gasteiger partial charge is 0.353 e. The normalized spacial score (nSPS) is 24.9. The van der Waals surface area contributed by atoms with E-state index in [9.17, 15) is 13.2 Å². The van der Waals surface area contributed by atoms with Crippen molar-refractivity contribution in [2.45, 2.75) is 25.4 Å². The van der Waals surface area contributed by atoms with E-state index in [1.807, 2.05) is 6.92 Å². The number of likely N-dealkylation sites (N-methyl/N-ethyl adjacent to an activating group) is 1. The molecule has 1 aromatic rings. The molecule has 8 nitrogen and oxygen atoms in total. The molecular weight excluding hydrogens is 342 g/mol. The zero-order valence-corrected chi connectivity index (χ0v) is 15.5. The van der Waals surface area contributed by atoms with E-state index in [0.29, 0.717) is 6.42 Å². The van der Waals surface area contributed by atoms with E-state index in [1.54, 1.807) is 30.5 Å². The van der Waals surface area contributed by atoms with Gasteiger partial charge in [0.15, 0.2) is 9.84 Å². The van der Waals surface area contributed by atoms with Gasteiger partial charge in [0.2, 0.25) is 5.91 Å². The lowest BCUT2D eigenvalue weighted by molar-refractivity contribution is -0.136. The fraction of sp³-hybridized carbons (Fsp3) is 0.688. The second-order valence-corrected chi connectivity index (χ2v) is 9.00. The van der Waals surface area contributed by atoms with Crippen molar-refractivity contribution in [2.75, 3.05) is 49.6 Å². The number of carbonyl (C=O) groups is 1. The molecule has 0 saturated carbocycles. The van der Waals surface area contributed by atoms with Crippen molar-refractivity contribution in [1.82, 2.24) is 19.8 Å². The molecule has 0 spiro atoms. The Morgan fingerprint density at radius 2 is 2.00 bits per heavy atom. The Bertz CT molecular complexity index is 704. The van der Waals surface area contributed by atoms with Gasteiger partial charge >= 0.3 is 0 Å². The smallest absolute Gasteiger partial charge is 0.239 e. The molecule has 138 valence electrons. The van der Waals surface area contributed by atoms with Crippen LogP contribution in [0.2, 0.25) is 0 Å². The Balaban J connectivity index is 1.55. The summed E-state index contributed by atoms with van der Waals surface area (Å²) < 4.78 is 23.3. The maximum Gasteiger partial charge on any atom is 0.239 e. The number of piperazine rings is 1. The molecule has 2 aliphatic heterocycles. The molecule has 0 N–H and O–H groups in total. The predicted octanol–water partition coefficient (Wildman–Crippen LogP) is -0.367. The van der Waals surface area contributed by atoms with Crippen molar-refractivity contribution in [2.24, 2.45) is 0 Å². The number of anilines is 1. The molecular formula is C16H25N5O3S. The summed E-state index contributed by atoms with van der Waals surface area (Å²) in [6.45, 7) is 5.01. The van der Waals surface area contributed by atoms with Gasteiger partial charge in [-0.2, -0.15) is 0 Å². The summed E-state index contributed by atoms with van der Waals surface area (Å²) in [5, 5.41) is 0. The summed E-state index contributed by atoms with van der Waals surface area (Å²) in [7, 11) is -1.27. The highest BCUT2D eigenvalue weighted by Gasteiger charge is 2.36. The van der Waals surface area contributed by atoms with Gasteiger partial charge in [-0.25, -0.2) is 13.4 Å². The van der Waals surface area contributed by atoms with Crippen molar-refractivity contribution in [3.05, 3.63) is 18.6 Å². The van der Waals surface area contributed by atoms with E-state index in [2.05, 4.69) is 19.8 Å². The topological polar surface area (TPSA) is 86.7 Å². The highest BCUT2D eigenvalue weighted by Crippen LogP contribution is 2.19. The van der Waals surface area contributed by atoms with Crippen LogP contribution in [0.15, 0.2) is 18.6 Å². The number of carbonyl (C=O) groups excluding carboxylic acids is 1. The fourth-order valence-electron chi connectivity index (χ4n) is 3.50. The summed E-state index contributed by atoms with van der Waals surface area (Å²) in [5.41, 5.74) is 0. The summed E-state index contributed by atoms with van der Waals surface area (Å²) in [4.78, 5) is 27.1. The minimum atomic E-state index is -2.99. The molecule has 2 saturated heterocycles. The number of rotatable bonds is 4. The van der Waals surface area contributed by atoms with Gasteiger partial charge in [-0.05, 0) is 13.3 Å². The Kier molecular flexibility index (Phi) is 5.24. The van der Waals surface area contributed by atoms with Crippen LogP contribution in [-0.2, 0) is 14.6 Å². The van der Waals surface area contributed by atoms with E-state index >= 15 is 0 Å². The average Bonchev–Trinajstić information content (AvgIpc) is 3.00. The highest BCUT2D eigenvalue weighted by atomic mass is 32.2. The molecule has 2 aliphatic rings. The van der Waals surface area contributed by atoms with Gasteiger partial charge in [0.05, 0.1) is 23.7 Å². The van der Waals surface area contributed by atoms with Crippen molar-refractivity contribution in [3.63, 3.8) is 0 Å². The first-order chi connectivity index (χ1) is 11.9. The monoisotopic (exact) mass is 367 g/mol. The van der Waals surface area contributed by atoms with Gasteiger partial charge in [0.1, 0.15) is 5.82 Å². The van der Waals surface area contributed by atoms with Gasteiger partial charge in [-0.15, -0.1) is 0 Å². The molecule has 2 atom stereocenters. The first-order valence-corrected chi connectivity index (χ1v) is 10.4. The first kappa shape index (κ1) is 18.1. The van der Waals surface area contributed by atoms with Crippen LogP contribution in [0.3, 0.4) is 0 Å². The van der Waals surface area contributed by atoms with E-state index in [4.69, 9.17) is 0 Å². The Labute approximate surface area is 148 Å². The second-order valence-electron chi connectivity index (χ2n) is 6.77. The quantitative estimate of drug-likeness (QED) is 0.718. The zero-order valence-electron chi connectivity index (χ0n) is 14.7. The summed E-state index contributed by atoms with van der Waals surface area (Å²) in [6.07, 6.45) is 5.62. The molecule has 1 amide bonds. The maximum absolute atomic E-state index is 12.7. The number of aromatic nitrogens is 2. The highest BCUT2D eigenvalue weighted by molar-refractivity contribution is 7.91. The molecule has 0 bridgehead atoms. The third-order valence-electron chi connectivity index (χ3n) is 5.20. The Hall–Kier alpha value is -1.74. The lowest BCUT2D eigenvalue weighted by atomic mass is 10.1. The Morgan fingerprint density at radius 1 is 1.28 bits per heavy atom. The van der Waals surface area contributed by atoms with Gasteiger partial charge in [0.25, 0.3) is 0 Å². The standard InChI is InChI=1S/C16H25N5O3S/c1-13(16(22)19(2)14-3-10-25(23,24)12-14)20-6-8-21(9-7-20)15-11-17-4-5-18-15/h4-5,11,13-14H,3,6-10,12H2,1-2H3/t13-,14-/m0/s1. The van der Waals surface area contributed by atoms with Crippen molar-refractivity contribution in [3.8, 4) is 0 Å². The Morgan fingerprint density at radius 3 is 2.56 bits per heavy atom. The lowest BCUT2D eigenvalue weighted by Crippen LogP contribution is -2.55. The van der Waals surface area contributed by atoms with Crippen molar-refractivity contribution in [1.29, 1.82) is 0 Å². The van der Waals surface area contributed by atoms with Crippen LogP contribution < -0.4 is 4.90 Å².